The number of benzene rings is 1. The molecular formula is C11H13BrN2O2. The van der Waals surface area contributed by atoms with Crippen LogP contribution < -0.4 is 0 Å². The fraction of sp³-hybridized carbons (Fsp3) is 0.364. The van der Waals surface area contributed by atoms with Crippen LogP contribution in [0.2, 0.25) is 0 Å². The molecular weight excluding hydrogens is 272 g/mol. The van der Waals surface area contributed by atoms with Gasteiger partial charge in [0, 0.05) is 4.47 Å². The van der Waals surface area contributed by atoms with E-state index < -0.39 is 6.04 Å². The third-order valence-electron chi connectivity index (χ3n) is 1.80. The minimum absolute atomic E-state index is 0.358. The lowest BCUT2D eigenvalue weighted by Gasteiger charge is -2.03. The van der Waals surface area contributed by atoms with Gasteiger partial charge in [0.15, 0.2) is 6.04 Å². The summed E-state index contributed by atoms with van der Waals surface area (Å²) in [4.78, 5) is 11.2. The average molecular weight is 285 g/mol. The smallest absolute Gasteiger partial charge is 0.332 e. The zero-order valence-corrected chi connectivity index (χ0v) is 10.8. The van der Waals surface area contributed by atoms with Crippen LogP contribution in [-0.2, 0) is 9.53 Å². The van der Waals surface area contributed by atoms with Crippen LogP contribution in [0, 0.1) is 0 Å². The number of carbonyl (C=O) groups excluding carboxylic acids is 1. The van der Waals surface area contributed by atoms with E-state index in [0.29, 0.717) is 12.3 Å². The Kier molecular flexibility index (Phi) is 5.11. The molecule has 1 atom stereocenters. The molecule has 0 saturated carbocycles. The lowest BCUT2D eigenvalue weighted by molar-refractivity contribution is -0.144. The number of hydrogen-bond donors (Lipinski definition) is 0. The summed E-state index contributed by atoms with van der Waals surface area (Å²) < 4.78 is 5.79. The highest BCUT2D eigenvalue weighted by atomic mass is 79.9. The van der Waals surface area contributed by atoms with Crippen molar-refractivity contribution in [1.29, 1.82) is 0 Å². The molecule has 0 saturated heterocycles. The van der Waals surface area contributed by atoms with Crippen molar-refractivity contribution < 1.29 is 9.53 Å². The van der Waals surface area contributed by atoms with E-state index >= 15 is 0 Å². The van der Waals surface area contributed by atoms with Gasteiger partial charge in [-0.15, -0.1) is 0 Å². The average Bonchev–Trinajstić information content (AvgIpc) is 2.28. The highest BCUT2D eigenvalue weighted by Crippen LogP contribution is 2.17. The van der Waals surface area contributed by atoms with Gasteiger partial charge in [0.25, 0.3) is 0 Å². The molecule has 0 heterocycles. The molecule has 1 aromatic carbocycles. The SMILES string of the molecule is CCOC(=O)C(C)N=Nc1ccc(Br)cc1. The summed E-state index contributed by atoms with van der Waals surface area (Å²) in [5.41, 5.74) is 0.708. The van der Waals surface area contributed by atoms with E-state index in [1.165, 1.54) is 0 Å². The molecule has 1 aromatic rings. The van der Waals surface area contributed by atoms with Gasteiger partial charge in [0.05, 0.1) is 12.3 Å². The Morgan fingerprint density at radius 3 is 2.62 bits per heavy atom. The quantitative estimate of drug-likeness (QED) is 0.628. The summed E-state index contributed by atoms with van der Waals surface area (Å²) in [5, 5.41) is 7.83. The van der Waals surface area contributed by atoms with Crippen LogP contribution in [0.4, 0.5) is 5.69 Å². The Bertz CT molecular complexity index is 376. The molecule has 0 aliphatic rings. The Labute approximate surface area is 103 Å². The molecule has 0 spiro atoms. The molecule has 0 radical (unpaired) electrons. The highest BCUT2D eigenvalue weighted by molar-refractivity contribution is 9.10. The lowest BCUT2D eigenvalue weighted by Crippen LogP contribution is -2.17. The van der Waals surface area contributed by atoms with Crippen LogP contribution in [0.15, 0.2) is 39.0 Å². The summed E-state index contributed by atoms with van der Waals surface area (Å²) in [5.74, 6) is -0.358. The minimum atomic E-state index is -0.566. The number of nitrogens with zero attached hydrogens (tertiary/aromatic N) is 2. The number of carbonyl (C=O) groups is 1. The predicted molar refractivity (Wildman–Crippen MR) is 64.8 cm³/mol. The molecule has 4 nitrogen and oxygen atoms in total. The van der Waals surface area contributed by atoms with Gasteiger partial charge in [0.2, 0.25) is 0 Å². The van der Waals surface area contributed by atoms with E-state index in [4.69, 9.17) is 4.74 Å². The van der Waals surface area contributed by atoms with Gasteiger partial charge in [-0.1, -0.05) is 15.9 Å². The Morgan fingerprint density at radius 1 is 1.44 bits per heavy atom. The van der Waals surface area contributed by atoms with E-state index in [2.05, 4.69) is 26.2 Å². The van der Waals surface area contributed by atoms with Gasteiger partial charge in [-0.25, -0.2) is 4.79 Å². The third-order valence-corrected chi connectivity index (χ3v) is 2.33. The summed E-state index contributed by atoms with van der Waals surface area (Å²) in [6.07, 6.45) is 0. The zero-order chi connectivity index (χ0) is 12.0. The molecule has 5 heteroatoms. The second kappa shape index (κ2) is 6.37. The molecule has 0 bridgehead atoms. The summed E-state index contributed by atoms with van der Waals surface area (Å²) in [6, 6.07) is 6.78. The van der Waals surface area contributed by atoms with Crippen molar-refractivity contribution in [2.75, 3.05) is 6.61 Å². The number of ether oxygens (including phenoxy) is 1. The highest BCUT2D eigenvalue weighted by Gasteiger charge is 2.11. The first-order chi connectivity index (χ1) is 7.63. The van der Waals surface area contributed by atoms with Gasteiger partial charge in [-0.05, 0) is 38.1 Å². The molecule has 0 aromatic heterocycles. The Balaban J connectivity index is 2.59. The zero-order valence-electron chi connectivity index (χ0n) is 9.18. The molecule has 0 amide bonds. The Hall–Kier alpha value is -1.23. The normalized spacial score (nSPS) is 12.7. The number of esters is 1. The number of rotatable bonds is 4. The van der Waals surface area contributed by atoms with Crippen molar-refractivity contribution in [3.05, 3.63) is 28.7 Å². The first-order valence-corrected chi connectivity index (χ1v) is 5.76. The molecule has 16 heavy (non-hydrogen) atoms. The van der Waals surface area contributed by atoms with E-state index in [1.807, 2.05) is 24.3 Å². The molecule has 0 aliphatic heterocycles. The van der Waals surface area contributed by atoms with Crippen molar-refractivity contribution >= 4 is 27.6 Å². The van der Waals surface area contributed by atoms with Crippen LogP contribution in [0.1, 0.15) is 13.8 Å². The second-order valence-electron chi connectivity index (χ2n) is 3.12. The minimum Gasteiger partial charge on any atom is -0.464 e. The first kappa shape index (κ1) is 12.8. The molecule has 1 unspecified atom stereocenters. The number of hydrogen-bond acceptors (Lipinski definition) is 4. The van der Waals surface area contributed by atoms with Crippen LogP contribution in [-0.4, -0.2) is 18.6 Å². The van der Waals surface area contributed by atoms with Gasteiger partial charge >= 0.3 is 5.97 Å². The molecule has 0 N–H and O–H groups in total. The summed E-state index contributed by atoms with van der Waals surface area (Å²) >= 11 is 3.32. The number of halogens is 1. The van der Waals surface area contributed by atoms with E-state index in [9.17, 15) is 4.79 Å². The summed E-state index contributed by atoms with van der Waals surface area (Å²) in [7, 11) is 0. The van der Waals surface area contributed by atoms with Gasteiger partial charge in [0.1, 0.15) is 0 Å². The molecule has 0 fully saturated rings. The maximum atomic E-state index is 11.2. The van der Waals surface area contributed by atoms with Crippen LogP contribution in [0.5, 0.6) is 0 Å². The lowest BCUT2D eigenvalue weighted by atomic mass is 10.3. The van der Waals surface area contributed by atoms with Gasteiger partial charge in [-0.3, -0.25) is 0 Å². The fourth-order valence-corrected chi connectivity index (χ4v) is 1.24. The van der Waals surface area contributed by atoms with Crippen molar-refractivity contribution in [3.8, 4) is 0 Å². The second-order valence-corrected chi connectivity index (χ2v) is 4.04. The predicted octanol–water partition coefficient (Wildman–Crippen LogP) is 3.48. The maximum absolute atomic E-state index is 11.2. The van der Waals surface area contributed by atoms with Crippen molar-refractivity contribution in [2.45, 2.75) is 19.9 Å². The monoisotopic (exact) mass is 284 g/mol. The topological polar surface area (TPSA) is 51.0 Å². The van der Waals surface area contributed by atoms with Crippen molar-refractivity contribution in [3.63, 3.8) is 0 Å². The maximum Gasteiger partial charge on any atom is 0.332 e. The number of azo groups is 1. The standard InChI is InChI=1S/C11H13BrN2O2/c1-3-16-11(15)8(2)13-14-10-6-4-9(12)5-7-10/h4-8H,3H2,1-2H3. The van der Waals surface area contributed by atoms with Gasteiger partial charge < -0.3 is 4.74 Å². The van der Waals surface area contributed by atoms with Crippen molar-refractivity contribution in [1.82, 2.24) is 0 Å². The van der Waals surface area contributed by atoms with Crippen LogP contribution in [0.3, 0.4) is 0 Å². The molecule has 86 valence electrons. The Morgan fingerprint density at radius 2 is 2.06 bits per heavy atom. The first-order valence-electron chi connectivity index (χ1n) is 4.96. The molecule has 1 rings (SSSR count). The fourth-order valence-electron chi connectivity index (χ4n) is 0.971. The van der Waals surface area contributed by atoms with Crippen LogP contribution >= 0.6 is 15.9 Å². The van der Waals surface area contributed by atoms with Gasteiger partial charge in [-0.2, -0.15) is 10.2 Å². The van der Waals surface area contributed by atoms with Crippen LogP contribution in [0.25, 0.3) is 0 Å². The van der Waals surface area contributed by atoms with Crippen molar-refractivity contribution in [2.24, 2.45) is 10.2 Å². The largest absolute Gasteiger partial charge is 0.464 e. The summed E-state index contributed by atoms with van der Waals surface area (Å²) in [6.45, 7) is 3.77. The molecule has 0 aliphatic carbocycles. The third kappa shape index (κ3) is 4.10. The van der Waals surface area contributed by atoms with E-state index in [0.717, 1.165) is 4.47 Å². The van der Waals surface area contributed by atoms with E-state index in [1.54, 1.807) is 13.8 Å². The van der Waals surface area contributed by atoms with E-state index in [-0.39, 0.29) is 5.97 Å².